The summed E-state index contributed by atoms with van der Waals surface area (Å²) in [6.07, 6.45) is 6.57. The molecule has 0 aliphatic carbocycles. The van der Waals surface area contributed by atoms with E-state index in [0.717, 1.165) is 5.56 Å². The second-order valence-electron chi connectivity index (χ2n) is 3.46. The van der Waals surface area contributed by atoms with Crippen molar-refractivity contribution in [2.75, 3.05) is 5.32 Å². The first kappa shape index (κ1) is 13.6. The van der Waals surface area contributed by atoms with Crippen LogP contribution in [0.5, 0.6) is 0 Å². The van der Waals surface area contributed by atoms with Gasteiger partial charge < -0.3 is 5.32 Å². The van der Waals surface area contributed by atoms with E-state index in [4.69, 9.17) is 0 Å². The van der Waals surface area contributed by atoms with Gasteiger partial charge in [-0.2, -0.15) is 0 Å². The lowest BCUT2D eigenvalue weighted by molar-refractivity contribution is -0.111. The fraction of sp³-hybridized carbons (Fsp3) is 0.154. The molecule has 0 saturated heterocycles. The summed E-state index contributed by atoms with van der Waals surface area (Å²) in [6, 6.07) is 2.92. The van der Waals surface area contributed by atoms with Crippen LogP contribution in [0.4, 0.5) is 10.1 Å². The second-order valence-corrected chi connectivity index (χ2v) is 4.31. The van der Waals surface area contributed by atoms with Crippen LogP contribution in [-0.2, 0) is 4.79 Å². The standard InChI is InChI=1S/C13H13BrFNO/c1-3-4-5-6-13(17)16-12-8-11(15)10(14)7-9(12)2/h3-8H,1-2H3,(H,16,17). The number of carbonyl (C=O) groups excluding carboxylic acids is 1. The molecule has 2 nitrogen and oxygen atoms in total. The van der Waals surface area contributed by atoms with Crippen molar-refractivity contribution in [1.82, 2.24) is 0 Å². The van der Waals surface area contributed by atoms with E-state index in [-0.39, 0.29) is 5.91 Å². The molecule has 0 bridgehead atoms. The van der Waals surface area contributed by atoms with E-state index < -0.39 is 5.82 Å². The Hall–Kier alpha value is -1.42. The number of carbonyl (C=O) groups is 1. The maximum absolute atomic E-state index is 13.3. The Balaban J connectivity index is 2.82. The summed E-state index contributed by atoms with van der Waals surface area (Å²) in [5.41, 5.74) is 1.27. The molecule has 0 aliphatic rings. The number of halogens is 2. The number of aryl methyl sites for hydroxylation is 1. The lowest BCUT2D eigenvalue weighted by Gasteiger charge is -2.07. The number of amides is 1. The average molecular weight is 298 g/mol. The van der Waals surface area contributed by atoms with Crippen molar-refractivity contribution < 1.29 is 9.18 Å². The highest BCUT2D eigenvalue weighted by Gasteiger charge is 2.06. The summed E-state index contributed by atoms with van der Waals surface area (Å²) in [4.78, 5) is 11.5. The molecule has 0 aromatic heterocycles. The van der Waals surface area contributed by atoms with Gasteiger partial charge in [0.05, 0.1) is 4.47 Å². The van der Waals surface area contributed by atoms with Gasteiger partial charge in [-0.15, -0.1) is 0 Å². The van der Waals surface area contributed by atoms with Crippen molar-refractivity contribution in [3.63, 3.8) is 0 Å². The van der Waals surface area contributed by atoms with Gasteiger partial charge in [0.1, 0.15) is 5.82 Å². The smallest absolute Gasteiger partial charge is 0.248 e. The molecule has 0 radical (unpaired) electrons. The van der Waals surface area contributed by atoms with Crippen molar-refractivity contribution in [3.05, 3.63) is 52.3 Å². The van der Waals surface area contributed by atoms with Crippen LogP contribution in [0.3, 0.4) is 0 Å². The largest absolute Gasteiger partial charge is 0.322 e. The molecule has 1 amide bonds. The third kappa shape index (κ3) is 4.15. The van der Waals surface area contributed by atoms with Crippen molar-refractivity contribution >= 4 is 27.5 Å². The average Bonchev–Trinajstić information content (AvgIpc) is 2.26. The first-order chi connectivity index (χ1) is 8.04. The Labute approximate surface area is 108 Å². The SMILES string of the molecule is CC=CC=CC(=O)Nc1cc(F)c(Br)cc1C. The van der Waals surface area contributed by atoms with Gasteiger partial charge in [-0.1, -0.05) is 18.2 Å². The highest BCUT2D eigenvalue weighted by atomic mass is 79.9. The number of hydrogen-bond acceptors (Lipinski definition) is 1. The Kier molecular flexibility index (Phi) is 5.10. The van der Waals surface area contributed by atoms with Gasteiger partial charge in [0, 0.05) is 11.8 Å². The summed E-state index contributed by atoms with van der Waals surface area (Å²) in [5.74, 6) is -0.684. The maximum atomic E-state index is 13.3. The van der Waals surface area contributed by atoms with Crippen molar-refractivity contribution in [3.8, 4) is 0 Å². The molecule has 0 spiro atoms. The van der Waals surface area contributed by atoms with E-state index in [2.05, 4.69) is 21.2 Å². The highest BCUT2D eigenvalue weighted by molar-refractivity contribution is 9.10. The molecule has 1 aromatic rings. The van der Waals surface area contributed by atoms with E-state index in [1.807, 2.05) is 13.0 Å². The summed E-state index contributed by atoms with van der Waals surface area (Å²) < 4.78 is 13.7. The van der Waals surface area contributed by atoms with Gasteiger partial charge >= 0.3 is 0 Å². The first-order valence-electron chi connectivity index (χ1n) is 5.10. The molecular formula is C13H13BrFNO. The first-order valence-corrected chi connectivity index (χ1v) is 5.90. The minimum absolute atomic E-state index is 0.284. The zero-order valence-electron chi connectivity index (χ0n) is 9.63. The van der Waals surface area contributed by atoms with Gasteiger partial charge in [0.2, 0.25) is 5.91 Å². The fourth-order valence-electron chi connectivity index (χ4n) is 1.21. The van der Waals surface area contributed by atoms with Gasteiger partial charge in [-0.3, -0.25) is 4.79 Å². The molecule has 90 valence electrons. The normalized spacial score (nSPS) is 11.3. The molecule has 0 atom stereocenters. The van der Waals surface area contributed by atoms with E-state index in [0.29, 0.717) is 10.2 Å². The molecule has 1 aromatic carbocycles. The molecular weight excluding hydrogens is 285 g/mol. The van der Waals surface area contributed by atoms with Gasteiger partial charge in [0.25, 0.3) is 0 Å². The van der Waals surface area contributed by atoms with Crippen LogP contribution in [0.15, 0.2) is 40.9 Å². The Bertz CT molecular complexity index is 481. The summed E-state index contributed by atoms with van der Waals surface area (Å²) in [5, 5.41) is 2.62. The van der Waals surface area contributed by atoms with Crippen LogP contribution >= 0.6 is 15.9 Å². The molecule has 0 aliphatic heterocycles. The molecule has 4 heteroatoms. The summed E-state index contributed by atoms with van der Waals surface area (Å²) in [7, 11) is 0. The lowest BCUT2D eigenvalue weighted by Crippen LogP contribution is -2.09. The highest BCUT2D eigenvalue weighted by Crippen LogP contribution is 2.23. The molecule has 0 fully saturated rings. The summed E-state index contributed by atoms with van der Waals surface area (Å²) in [6.45, 7) is 3.66. The van der Waals surface area contributed by atoms with Crippen LogP contribution in [0.2, 0.25) is 0 Å². The van der Waals surface area contributed by atoms with Crippen LogP contribution in [0.1, 0.15) is 12.5 Å². The van der Waals surface area contributed by atoms with Gasteiger partial charge in [-0.05, 0) is 47.5 Å². The van der Waals surface area contributed by atoms with E-state index in [9.17, 15) is 9.18 Å². The van der Waals surface area contributed by atoms with E-state index >= 15 is 0 Å². The summed E-state index contributed by atoms with van der Waals surface area (Å²) >= 11 is 3.09. The van der Waals surface area contributed by atoms with Crippen molar-refractivity contribution in [1.29, 1.82) is 0 Å². The quantitative estimate of drug-likeness (QED) is 0.664. The predicted molar refractivity (Wildman–Crippen MR) is 71.4 cm³/mol. The van der Waals surface area contributed by atoms with Crippen LogP contribution in [-0.4, -0.2) is 5.91 Å². The minimum Gasteiger partial charge on any atom is -0.322 e. The molecule has 0 unspecified atom stereocenters. The Morgan fingerprint density at radius 3 is 2.76 bits per heavy atom. The zero-order chi connectivity index (χ0) is 12.8. The zero-order valence-corrected chi connectivity index (χ0v) is 11.2. The Morgan fingerprint density at radius 1 is 1.41 bits per heavy atom. The lowest BCUT2D eigenvalue weighted by atomic mass is 10.2. The van der Waals surface area contributed by atoms with Gasteiger partial charge in [0.15, 0.2) is 0 Å². The fourth-order valence-corrected chi connectivity index (χ4v) is 1.67. The van der Waals surface area contributed by atoms with Crippen LogP contribution < -0.4 is 5.32 Å². The number of allylic oxidation sites excluding steroid dienone is 3. The van der Waals surface area contributed by atoms with Gasteiger partial charge in [-0.25, -0.2) is 4.39 Å². The number of hydrogen-bond donors (Lipinski definition) is 1. The minimum atomic E-state index is -0.400. The molecule has 17 heavy (non-hydrogen) atoms. The van der Waals surface area contributed by atoms with Crippen molar-refractivity contribution in [2.45, 2.75) is 13.8 Å². The monoisotopic (exact) mass is 297 g/mol. The van der Waals surface area contributed by atoms with E-state index in [1.54, 1.807) is 25.1 Å². The van der Waals surface area contributed by atoms with Crippen molar-refractivity contribution in [2.24, 2.45) is 0 Å². The topological polar surface area (TPSA) is 29.1 Å². The number of rotatable bonds is 3. The predicted octanol–water partition coefficient (Wildman–Crippen LogP) is 3.97. The molecule has 0 saturated carbocycles. The number of anilines is 1. The van der Waals surface area contributed by atoms with E-state index in [1.165, 1.54) is 12.1 Å². The molecule has 0 heterocycles. The van der Waals surface area contributed by atoms with Crippen LogP contribution in [0.25, 0.3) is 0 Å². The third-order valence-corrected chi connectivity index (χ3v) is 2.68. The second kappa shape index (κ2) is 6.35. The third-order valence-electron chi connectivity index (χ3n) is 2.08. The number of nitrogens with one attached hydrogen (secondary N) is 1. The number of benzene rings is 1. The molecule has 1 N–H and O–H groups in total. The Morgan fingerprint density at radius 2 is 2.12 bits per heavy atom. The molecule has 1 rings (SSSR count). The maximum Gasteiger partial charge on any atom is 0.248 e. The van der Waals surface area contributed by atoms with Crippen LogP contribution in [0, 0.1) is 12.7 Å².